The Labute approximate surface area is 680 Å². The Balaban J connectivity index is -0.000000563. The Hall–Kier alpha value is 0.0444. The molecule has 574 valence electrons. The minimum absolute atomic E-state index is 0. The van der Waals surface area contributed by atoms with Crippen molar-refractivity contribution in [2.75, 3.05) is 102 Å². The summed E-state index contributed by atoms with van der Waals surface area (Å²) >= 11 is 11.5. The van der Waals surface area contributed by atoms with E-state index >= 15 is 0 Å². The van der Waals surface area contributed by atoms with Gasteiger partial charge in [-0.2, -0.15) is 40.5 Å². The van der Waals surface area contributed by atoms with Gasteiger partial charge in [0.1, 0.15) is 0 Å². The number of benzene rings is 3. The van der Waals surface area contributed by atoms with Gasteiger partial charge in [-0.05, 0) is 138 Å². The van der Waals surface area contributed by atoms with Gasteiger partial charge >= 0.3 is 7.54 Å². The molecule has 3 aromatic rings. The number of hydrogen-bond donors (Lipinski definition) is 5. The number of ether oxygens (including phenoxy) is 10. The van der Waals surface area contributed by atoms with Crippen molar-refractivity contribution in [3.8, 4) is 34.5 Å². The molecule has 10 atom stereocenters. The van der Waals surface area contributed by atoms with Gasteiger partial charge in [-0.1, -0.05) is 91.5 Å². The van der Waals surface area contributed by atoms with Gasteiger partial charge in [0.25, 0.3) is 3.79 Å². The molecule has 5 aliphatic rings. The summed E-state index contributed by atoms with van der Waals surface area (Å²) in [5.74, 6) is 3.80. The van der Waals surface area contributed by atoms with Gasteiger partial charge in [-0.25, -0.2) is 8.42 Å². The van der Waals surface area contributed by atoms with Crippen LogP contribution in [0, 0.1) is 80.9 Å². The quantitative estimate of drug-likeness (QED) is 0.0183. The monoisotopic (exact) mass is 1610 g/mol. The SMILES string of the molecule is CCOCC.COc1ccc(CCOC(=N)C(Cl)(Cl)Cl)cc1OC.COc1ccc(CCO[C@@H]2CCCC[C@@H]2OS(=O)[O-])cc1OC.COc1ccc(CCO[C@@H]2CCCC[C@H]2N2CC[C@@H](O)C2)cc1OC.FB(F)F.O=S([O-])O[C@H]1CCCC[C@H]1O.O[C@@H]1CCNC1.S.S.S.[Ar].[Ar]. The number of alkyl halides is 3. The van der Waals surface area contributed by atoms with Crippen molar-refractivity contribution in [1.82, 2.24) is 10.2 Å². The van der Waals surface area contributed by atoms with Crippen LogP contribution in [0.15, 0.2) is 54.6 Å². The maximum atomic E-state index is 10.7. The molecule has 2 heterocycles. The number of nitrogens with one attached hydrogen (secondary N) is 2. The minimum Gasteiger partial charge on any atom is -0.750 e. The molecule has 98 heavy (non-hydrogen) atoms. The average Bonchev–Trinajstić information content (AvgIpc) is 1.57. The zero-order valence-corrected chi connectivity index (χ0v) is 65.2. The Morgan fingerprint density at radius 3 is 1.32 bits per heavy atom. The molecule has 8 rings (SSSR count). The van der Waals surface area contributed by atoms with Crippen LogP contribution in [-0.4, -0.2) is 206 Å². The van der Waals surface area contributed by atoms with Crippen LogP contribution in [0.1, 0.15) is 120 Å². The number of β-amino-alcohol motifs (C(OH)–C–C–N with tert-alkyl or cyclic N) is 2. The molecule has 0 aromatic heterocycles. The van der Waals surface area contributed by atoms with Crippen molar-refractivity contribution < 1.29 is 177 Å². The predicted molar refractivity (Wildman–Crippen MR) is 384 cm³/mol. The molecule has 2 unspecified atom stereocenters. The van der Waals surface area contributed by atoms with Crippen LogP contribution in [0.2, 0.25) is 0 Å². The number of methoxy groups -OCH3 is 6. The van der Waals surface area contributed by atoms with Crippen LogP contribution in [-0.2, 0) is 69.3 Å². The fourth-order valence-electron chi connectivity index (χ4n) is 10.5. The molecule has 2 saturated heterocycles. The molecule has 5 fully saturated rings. The Bertz CT molecular complexity index is 2550. The zero-order chi connectivity index (χ0) is 69.1. The molecule has 0 spiro atoms. The number of halogens is 6. The van der Waals surface area contributed by atoms with E-state index in [1.807, 2.05) is 56.3 Å². The molecule has 5 N–H and O–H groups in total. The standard InChI is InChI=1S/C20H31NO4.C16H24O6S.C12H14Cl3NO3.C6H12O4S.C4H9NO.C4H10O.2Ar.BF3.3H2S/c1-23-19-8-7-15(13-20(19)24-2)10-12-25-18-6-4-3-5-17(18)21-11-9-16(22)14-21;1-19-13-8-7-12(11-16(13)20-2)9-10-21-14-5-3-4-6-15(14)22-23(17)18;1-17-9-4-3-8(7-10(9)18-2)5-6-19-11(16)12(13,14)15;7-5-3-1-2-4-6(5)10-11(8)9;6-4-1-2-5-3-4;1-3-5-4-2;;;2-1(3)4;;;/h7-8,13,16-18,22H,3-6,9-12,14H2,1-2H3;7-8,11,14-15H,3-6,9-10H2,1-2H3,(H,17,18);3-4,7,16H,5-6H2,1-2H3;5-7H,1-4H2,(H,8,9);4-6H,1-3H2;3-4H2,1-2H3;;;;3*1H2/p-2/t16-,17-,18-;14-,15+;;5-,6+;4-;;;;;;;/m11.11......./s1. The van der Waals surface area contributed by atoms with Crippen molar-refractivity contribution >= 4 is 111 Å². The fourth-order valence-corrected chi connectivity index (χ4v) is 11.5. The number of likely N-dealkylation sites (tertiary alicyclic amines) is 1. The number of hydrogen-bond acceptors (Lipinski definition) is 22. The average molecular weight is 1610 g/mol. The summed E-state index contributed by atoms with van der Waals surface area (Å²) in [5, 5.41) is 38.1. The molecule has 36 heteroatoms. The van der Waals surface area contributed by atoms with Crippen molar-refractivity contribution in [1.29, 1.82) is 5.41 Å². The van der Waals surface area contributed by atoms with Crippen LogP contribution in [0.4, 0.5) is 12.9 Å². The molecule has 3 saturated carbocycles. The normalized spacial score (nSPS) is 21.2. The topological polar surface area (TPSA) is 291 Å². The maximum Gasteiger partial charge on any atom is 0.762 e. The van der Waals surface area contributed by atoms with E-state index in [1.165, 1.54) is 24.8 Å². The van der Waals surface area contributed by atoms with Gasteiger partial charge < -0.3 is 77.1 Å². The molecular weight excluding hydrogens is 1510 g/mol. The Kier molecular flexibility index (Phi) is 66.2. The van der Waals surface area contributed by atoms with Crippen molar-refractivity contribution in [3.63, 3.8) is 0 Å². The van der Waals surface area contributed by atoms with Crippen LogP contribution < -0.4 is 33.7 Å². The van der Waals surface area contributed by atoms with Crippen molar-refractivity contribution in [3.05, 3.63) is 71.3 Å². The molecule has 22 nitrogen and oxygen atoms in total. The number of aliphatic hydroxyl groups is 3. The summed E-state index contributed by atoms with van der Waals surface area (Å²) in [6, 6.07) is 17.8. The minimum atomic E-state index is -3.67. The first kappa shape index (κ1) is 104. The fraction of sp³-hybridized carbons (Fsp3) is 0.694. The van der Waals surface area contributed by atoms with Crippen molar-refractivity contribution in [2.24, 2.45) is 0 Å². The van der Waals surface area contributed by atoms with Crippen LogP contribution >= 0.6 is 75.3 Å². The predicted octanol–water partition coefficient (Wildman–Crippen LogP) is 10.3. The first-order valence-corrected chi connectivity index (χ1v) is 34.3. The molecule has 3 aromatic carbocycles. The van der Waals surface area contributed by atoms with Gasteiger partial charge in [0.15, 0.2) is 34.5 Å². The zero-order valence-electron chi connectivity index (χ0n) is 56.9. The first-order chi connectivity index (χ1) is 44.5. The third-order valence-electron chi connectivity index (χ3n) is 15.2. The molecule has 3 aliphatic carbocycles. The van der Waals surface area contributed by atoms with E-state index in [-0.39, 0.29) is 147 Å². The summed E-state index contributed by atoms with van der Waals surface area (Å²) in [5.41, 5.74) is 3.24. The second-order valence-corrected chi connectivity index (χ2v) is 25.1. The van der Waals surface area contributed by atoms with Crippen LogP contribution in [0.25, 0.3) is 0 Å². The van der Waals surface area contributed by atoms with E-state index in [0.717, 1.165) is 126 Å². The second kappa shape index (κ2) is 62.1. The summed E-state index contributed by atoms with van der Waals surface area (Å²) in [6.45, 7) is 10.7. The van der Waals surface area contributed by atoms with E-state index in [4.69, 9.17) is 96.9 Å². The van der Waals surface area contributed by atoms with Gasteiger partial charge in [0.2, 0.25) is 5.90 Å². The number of rotatable bonds is 24. The van der Waals surface area contributed by atoms with Gasteiger partial charge in [0, 0.05) is 121 Å². The van der Waals surface area contributed by atoms with E-state index in [2.05, 4.69) is 20.5 Å². The molecule has 0 radical (unpaired) electrons. The first-order valence-electron chi connectivity index (χ1n) is 31.1. The maximum absolute atomic E-state index is 10.7. The summed E-state index contributed by atoms with van der Waals surface area (Å²) in [4.78, 5) is 2.44. The molecule has 0 bridgehead atoms. The summed E-state index contributed by atoms with van der Waals surface area (Å²) in [6.07, 6.45) is 13.9. The molecular formula is C62H104Ar2BCl3F3N3O19S5-2. The van der Waals surface area contributed by atoms with Gasteiger partial charge in [-0.15, -0.1) is 0 Å². The van der Waals surface area contributed by atoms with E-state index in [0.29, 0.717) is 74.0 Å². The third-order valence-corrected chi connectivity index (χ3v) is 16.5. The van der Waals surface area contributed by atoms with E-state index < -0.39 is 52.2 Å². The summed E-state index contributed by atoms with van der Waals surface area (Å²) in [7, 11) is 5.99. The van der Waals surface area contributed by atoms with Crippen molar-refractivity contribution in [2.45, 2.75) is 176 Å². The van der Waals surface area contributed by atoms with E-state index in [9.17, 15) is 40.7 Å². The molecule has 0 amide bonds. The van der Waals surface area contributed by atoms with Crippen LogP contribution in [0.3, 0.4) is 0 Å². The smallest absolute Gasteiger partial charge is 0.750 e. The third kappa shape index (κ3) is 45.5. The van der Waals surface area contributed by atoms with E-state index in [1.54, 1.807) is 48.7 Å². The Morgan fingerprint density at radius 1 is 0.582 bits per heavy atom. The summed E-state index contributed by atoms with van der Waals surface area (Å²) < 4.78 is 132. The van der Waals surface area contributed by atoms with Gasteiger partial charge in [0.05, 0.1) is 128 Å². The number of nitrogens with zero attached hydrogens (tertiary/aromatic N) is 1. The molecule has 2 aliphatic heterocycles. The van der Waals surface area contributed by atoms with Crippen LogP contribution in [0.5, 0.6) is 34.5 Å². The second-order valence-electron chi connectivity index (χ2n) is 21.6. The van der Waals surface area contributed by atoms with Gasteiger partial charge in [-0.3, -0.25) is 31.6 Å². The Morgan fingerprint density at radius 2 is 0.969 bits per heavy atom. The number of aliphatic hydroxyl groups excluding tert-OH is 3. The largest absolute Gasteiger partial charge is 0.762 e.